The molecule has 2 N–H and O–H groups in total. The zero-order chi connectivity index (χ0) is 21.7. The fourth-order valence-corrected chi connectivity index (χ4v) is 3.76. The lowest BCUT2D eigenvalue weighted by Gasteiger charge is -2.09. The Morgan fingerprint density at radius 2 is 2.03 bits per heavy atom. The number of thioether (sulfide) groups is 1. The predicted molar refractivity (Wildman–Crippen MR) is 114 cm³/mol. The highest BCUT2D eigenvalue weighted by molar-refractivity contribution is 7.99. The van der Waals surface area contributed by atoms with E-state index in [-0.39, 0.29) is 17.0 Å². The van der Waals surface area contributed by atoms with E-state index in [1.807, 2.05) is 17.6 Å². The number of benzene rings is 2. The number of hydrogen-bond acceptors (Lipinski definition) is 6. The van der Waals surface area contributed by atoms with Crippen molar-refractivity contribution in [3.05, 3.63) is 63.2 Å². The van der Waals surface area contributed by atoms with E-state index in [2.05, 4.69) is 15.8 Å². The molecule has 0 aliphatic carbocycles. The number of nitro benzene ring substituents is 1. The smallest absolute Gasteiger partial charge is 0.270 e. The third-order valence-electron chi connectivity index (χ3n) is 4.09. The minimum atomic E-state index is -0.648. The van der Waals surface area contributed by atoms with Crippen LogP contribution in [0.1, 0.15) is 23.7 Å². The van der Waals surface area contributed by atoms with E-state index in [1.165, 1.54) is 30.0 Å². The van der Waals surface area contributed by atoms with Crippen LogP contribution < -0.4 is 10.9 Å². The summed E-state index contributed by atoms with van der Waals surface area (Å²) in [5.74, 6) is -1.06. The predicted octanol–water partition coefficient (Wildman–Crippen LogP) is 3.56. The van der Waals surface area contributed by atoms with E-state index in [9.17, 15) is 19.7 Å². The Kier molecular flexibility index (Phi) is 6.91. The number of nitrogens with one attached hydrogen (secondary N) is 2. The summed E-state index contributed by atoms with van der Waals surface area (Å²) in [6.45, 7) is 2.79. The lowest BCUT2D eigenvalue weighted by Crippen LogP contribution is -2.42. The minimum Gasteiger partial charge on any atom is -0.319 e. The van der Waals surface area contributed by atoms with Crippen molar-refractivity contribution in [2.24, 2.45) is 0 Å². The van der Waals surface area contributed by atoms with Crippen LogP contribution in [0.15, 0.2) is 47.6 Å². The van der Waals surface area contributed by atoms with Crippen LogP contribution in [0.2, 0.25) is 5.02 Å². The van der Waals surface area contributed by atoms with Crippen molar-refractivity contribution in [2.75, 3.05) is 5.75 Å². The molecule has 0 aliphatic heterocycles. The number of carbonyl (C=O) groups is 2. The van der Waals surface area contributed by atoms with E-state index < -0.39 is 16.7 Å². The van der Waals surface area contributed by atoms with Gasteiger partial charge in [0.2, 0.25) is 5.91 Å². The second kappa shape index (κ2) is 9.59. The minimum absolute atomic E-state index is 0.0238. The number of rotatable bonds is 7. The molecule has 0 bridgehead atoms. The summed E-state index contributed by atoms with van der Waals surface area (Å²) in [5, 5.41) is 12.1. The number of nitro groups is 1. The number of aryl methyl sites for hydroxylation is 1. The van der Waals surface area contributed by atoms with Crippen LogP contribution in [-0.4, -0.2) is 32.0 Å². The number of fused-ring (bicyclic) bond motifs is 1. The summed E-state index contributed by atoms with van der Waals surface area (Å²) in [6, 6.07) is 10.7. The Hall–Kier alpha value is -3.11. The summed E-state index contributed by atoms with van der Waals surface area (Å²) in [4.78, 5) is 39.0. The molecule has 0 saturated carbocycles. The molecule has 30 heavy (non-hydrogen) atoms. The van der Waals surface area contributed by atoms with E-state index in [1.54, 1.807) is 12.1 Å². The van der Waals surface area contributed by atoms with Gasteiger partial charge in [0.25, 0.3) is 11.6 Å². The second-order valence-corrected chi connectivity index (χ2v) is 7.66. The first kappa shape index (κ1) is 21.6. The second-order valence-electron chi connectivity index (χ2n) is 6.28. The maximum absolute atomic E-state index is 12.2. The lowest BCUT2D eigenvalue weighted by molar-refractivity contribution is -0.384. The molecule has 11 heteroatoms. The fraction of sp³-hybridized carbons (Fsp3) is 0.211. The van der Waals surface area contributed by atoms with Crippen molar-refractivity contribution < 1.29 is 14.5 Å². The average molecular weight is 448 g/mol. The SMILES string of the molecule is CCCn1c(SCC(=O)NNC(=O)c2cccc([N+](=O)[O-])c2)nc2cc(Cl)ccc21. The number of imidazole rings is 1. The number of carbonyl (C=O) groups excluding carboxylic acids is 2. The van der Waals surface area contributed by atoms with Crippen LogP contribution in [-0.2, 0) is 11.3 Å². The number of amides is 2. The van der Waals surface area contributed by atoms with Crippen LogP contribution >= 0.6 is 23.4 Å². The molecule has 0 saturated heterocycles. The monoisotopic (exact) mass is 447 g/mol. The zero-order valence-electron chi connectivity index (χ0n) is 15.9. The van der Waals surface area contributed by atoms with Gasteiger partial charge in [-0.2, -0.15) is 0 Å². The van der Waals surface area contributed by atoms with Gasteiger partial charge in [0.15, 0.2) is 5.16 Å². The summed E-state index contributed by atoms with van der Waals surface area (Å²) in [5.41, 5.74) is 6.10. The highest BCUT2D eigenvalue weighted by Crippen LogP contribution is 2.26. The maximum atomic E-state index is 12.2. The molecule has 156 valence electrons. The highest BCUT2D eigenvalue weighted by atomic mass is 35.5. The largest absolute Gasteiger partial charge is 0.319 e. The van der Waals surface area contributed by atoms with Crippen LogP contribution in [0.5, 0.6) is 0 Å². The van der Waals surface area contributed by atoms with Crippen molar-refractivity contribution in [3.63, 3.8) is 0 Å². The molecular weight excluding hydrogens is 430 g/mol. The van der Waals surface area contributed by atoms with E-state index in [4.69, 9.17) is 11.6 Å². The van der Waals surface area contributed by atoms with E-state index >= 15 is 0 Å². The maximum Gasteiger partial charge on any atom is 0.270 e. The van der Waals surface area contributed by atoms with Gasteiger partial charge in [-0.05, 0) is 30.7 Å². The van der Waals surface area contributed by atoms with Gasteiger partial charge in [-0.3, -0.25) is 30.6 Å². The van der Waals surface area contributed by atoms with Gasteiger partial charge in [-0.15, -0.1) is 0 Å². The van der Waals surface area contributed by atoms with Gasteiger partial charge in [-0.25, -0.2) is 4.98 Å². The molecule has 1 aromatic heterocycles. The first-order valence-corrected chi connectivity index (χ1v) is 10.4. The van der Waals surface area contributed by atoms with Crippen molar-refractivity contribution in [2.45, 2.75) is 25.0 Å². The molecule has 0 fully saturated rings. The fourth-order valence-electron chi connectivity index (χ4n) is 2.76. The first-order valence-electron chi connectivity index (χ1n) is 9.01. The quantitative estimate of drug-likeness (QED) is 0.324. The van der Waals surface area contributed by atoms with Gasteiger partial charge in [0.1, 0.15) is 0 Å². The van der Waals surface area contributed by atoms with Crippen LogP contribution in [0.4, 0.5) is 5.69 Å². The van der Waals surface area contributed by atoms with Gasteiger partial charge in [-0.1, -0.05) is 36.4 Å². The number of nitrogens with zero attached hydrogens (tertiary/aromatic N) is 3. The summed E-state index contributed by atoms with van der Waals surface area (Å²) >= 11 is 7.27. The number of hydrogen-bond donors (Lipinski definition) is 2. The third kappa shape index (κ3) is 5.08. The zero-order valence-corrected chi connectivity index (χ0v) is 17.5. The highest BCUT2D eigenvalue weighted by Gasteiger charge is 2.15. The Balaban J connectivity index is 1.61. The summed E-state index contributed by atoms with van der Waals surface area (Å²) < 4.78 is 2.02. The van der Waals surface area contributed by atoms with Gasteiger partial charge >= 0.3 is 0 Å². The molecule has 0 aliphatic rings. The van der Waals surface area contributed by atoms with E-state index in [0.717, 1.165) is 30.1 Å². The molecule has 0 spiro atoms. The topological polar surface area (TPSA) is 119 Å². The number of hydrazine groups is 1. The van der Waals surface area contributed by atoms with Crippen molar-refractivity contribution in [1.29, 1.82) is 0 Å². The molecule has 0 unspecified atom stereocenters. The molecule has 3 rings (SSSR count). The van der Waals surface area contributed by atoms with Crippen LogP contribution in [0.25, 0.3) is 11.0 Å². The van der Waals surface area contributed by atoms with Crippen molar-refractivity contribution in [3.8, 4) is 0 Å². The number of non-ortho nitro benzene ring substituents is 1. The lowest BCUT2D eigenvalue weighted by atomic mass is 10.2. The summed E-state index contributed by atoms with van der Waals surface area (Å²) in [6.07, 6.45) is 0.896. The molecule has 0 atom stereocenters. The van der Waals surface area contributed by atoms with E-state index in [0.29, 0.717) is 10.2 Å². The van der Waals surface area contributed by atoms with Crippen LogP contribution in [0.3, 0.4) is 0 Å². The van der Waals surface area contributed by atoms with Crippen molar-refractivity contribution >= 4 is 51.9 Å². The average Bonchev–Trinajstić information content (AvgIpc) is 3.07. The Labute approximate surface area is 180 Å². The molecule has 0 radical (unpaired) electrons. The molecule has 3 aromatic rings. The van der Waals surface area contributed by atoms with Gasteiger partial charge in [0.05, 0.1) is 21.7 Å². The molecule has 2 amide bonds. The molecule has 2 aromatic carbocycles. The first-order chi connectivity index (χ1) is 14.4. The van der Waals surface area contributed by atoms with Crippen molar-refractivity contribution in [1.82, 2.24) is 20.4 Å². The molecular formula is C19H18ClN5O4S. The molecule has 9 nitrogen and oxygen atoms in total. The summed E-state index contributed by atoms with van der Waals surface area (Å²) in [7, 11) is 0. The standard InChI is InChI=1S/C19H18ClN5O4S/c1-2-8-24-16-7-6-13(20)10-15(16)21-19(24)30-11-17(26)22-23-18(27)12-4-3-5-14(9-12)25(28)29/h3-7,9-10H,2,8,11H2,1H3,(H,22,26)(H,23,27). The van der Waals surface area contributed by atoms with Gasteiger partial charge < -0.3 is 4.57 Å². The Bertz CT molecular complexity index is 1120. The number of aromatic nitrogens is 2. The normalized spacial score (nSPS) is 10.7. The molecule has 1 heterocycles. The Morgan fingerprint density at radius 1 is 1.23 bits per heavy atom. The number of halogens is 1. The Morgan fingerprint density at radius 3 is 2.77 bits per heavy atom. The van der Waals surface area contributed by atoms with Crippen LogP contribution in [0, 0.1) is 10.1 Å². The third-order valence-corrected chi connectivity index (χ3v) is 5.30. The van der Waals surface area contributed by atoms with Gasteiger partial charge in [0, 0.05) is 29.3 Å².